The Morgan fingerprint density at radius 3 is 2.67 bits per heavy atom. The fourth-order valence-corrected chi connectivity index (χ4v) is 2.83. The summed E-state index contributed by atoms with van der Waals surface area (Å²) in [6.45, 7) is 2.63. The molecule has 2 aromatic carbocycles. The minimum Gasteiger partial charge on any atom is -0.493 e. The van der Waals surface area contributed by atoms with Crippen molar-refractivity contribution in [2.75, 3.05) is 20.8 Å². The number of ether oxygens (including phenoxy) is 3. The van der Waals surface area contributed by atoms with Crippen LogP contribution in [0, 0.1) is 0 Å². The van der Waals surface area contributed by atoms with Crippen molar-refractivity contribution in [3.8, 4) is 22.8 Å². The molecule has 7 nitrogen and oxygen atoms in total. The molecule has 0 spiro atoms. The van der Waals surface area contributed by atoms with Gasteiger partial charge in [-0.25, -0.2) is 4.79 Å². The van der Waals surface area contributed by atoms with Gasteiger partial charge in [-0.1, -0.05) is 18.2 Å². The molecule has 0 radical (unpaired) electrons. The van der Waals surface area contributed by atoms with Gasteiger partial charge in [0.2, 0.25) is 0 Å². The van der Waals surface area contributed by atoms with E-state index in [1.807, 2.05) is 36.4 Å². The third-order valence-electron chi connectivity index (χ3n) is 4.30. The molecular weight excluding hydrogens is 384 g/mol. The monoisotopic (exact) mass is 408 g/mol. The molecular formula is C23H24N2O5. The molecule has 1 heterocycles. The predicted molar refractivity (Wildman–Crippen MR) is 114 cm³/mol. The Bertz CT molecular complexity index is 1030. The van der Waals surface area contributed by atoms with Gasteiger partial charge in [-0.05, 0) is 48.9 Å². The van der Waals surface area contributed by atoms with Gasteiger partial charge in [-0.15, -0.1) is 0 Å². The van der Waals surface area contributed by atoms with Gasteiger partial charge in [-0.2, -0.15) is 5.10 Å². The van der Waals surface area contributed by atoms with Crippen LogP contribution in [0.15, 0.2) is 64.1 Å². The second-order valence-corrected chi connectivity index (χ2v) is 6.29. The van der Waals surface area contributed by atoms with E-state index in [2.05, 4.69) is 10.5 Å². The summed E-state index contributed by atoms with van der Waals surface area (Å²) in [5, 5.41) is 4.20. The van der Waals surface area contributed by atoms with E-state index in [9.17, 15) is 4.79 Å². The van der Waals surface area contributed by atoms with E-state index in [1.54, 1.807) is 45.6 Å². The van der Waals surface area contributed by atoms with Crippen molar-refractivity contribution in [2.24, 2.45) is 5.10 Å². The molecule has 156 valence electrons. The number of rotatable bonds is 9. The van der Waals surface area contributed by atoms with E-state index in [0.717, 1.165) is 11.1 Å². The molecule has 0 unspecified atom stereocenters. The molecule has 0 aliphatic heterocycles. The van der Waals surface area contributed by atoms with Crippen molar-refractivity contribution < 1.29 is 23.4 Å². The molecule has 30 heavy (non-hydrogen) atoms. The van der Waals surface area contributed by atoms with Crippen LogP contribution in [0.2, 0.25) is 0 Å². The highest BCUT2D eigenvalue weighted by molar-refractivity contribution is 5.90. The number of nitrogens with zero attached hydrogens (tertiary/aromatic N) is 1. The lowest BCUT2D eigenvalue weighted by Gasteiger charge is -2.09. The Hall–Kier alpha value is -3.74. The molecule has 3 rings (SSSR count). The lowest BCUT2D eigenvalue weighted by molar-refractivity contribution is 0.0526. The topological polar surface area (TPSA) is 82.3 Å². The Morgan fingerprint density at radius 2 is 1.90 bits per heavy atom. The zero-order valence-electron chi connectivity index (χ0n) is 17.2. The first-order valence-electron chi connectivity index (χ1n) is 9.48. The van der Waals surface area contributed by atoms with Gasteiger partial charge in [-0.3, -0.25) is 0 Å². The minimum absolute atomic E-state index is 0.334. The number of methoxy groups -OCH3 is 2. The summed E-state index contributed by atoms with van der Waals surface area (Å²) >= 11 is 0. The smallest absolute Gasteiger partial charge is 0.338 e. The van der Waals surface area contributed by atoms with E-state index in [4.69, 9.17) is 18.6 Å². The summed E-state index contributed by atoms with van der Waals surface area (Å²) in [6.07, 6.45) is 1.60. The van der Waals surface area contributed by atoms with Crippen molar-refractivity contribution in [2.45, 2.75) is 13.5 Å². The van der Waals surface area contributed by atoms with Crippen LogP contribution in [0.4, 0.5) is 0 Å². The molecule has 1 aromatic heterocycles. The Morgan fingerprint density at radius 1 is 1.07 bits per heavy atom. The summed E-state index contributed by atoms with van der Waals surface area (Å²) in [4.78, 5) is 11.9. The molecule has 0 aliphatic carbocycles. The lowest BCUT2D eigenvalue weighted by Crippen LogP contribution is -2.05. The number of hydrogen-bond donors (Lipinski definition) is 1. The number of hydrazone groups is 1. The van der Waals surface area contributed by atoms with Crippen LogP contribution in [0.1, 0.15) is 28.6 Å². The molecule has 0 atom stereocenters. The zero-order chi connectivity index (χ0) is 21.3. The molecule has 0 bridgehead atoms. The van der Waals surface area contributed by atoms with Gasteiger partial charge in [0.25, 0.3) is 0 Å². The quantitative estimate of drug-likeness (QED) is 0.324. The van der Waals surface area contributed by atoms with Crippen LogP contribution < -0.4 is 14.9 Å². The van der Waals surface area contributed by atoms with Gasteiger partial charge in [0.05, 0.1) is 39.1 Å². The summed E-state index contributed by atoms with van der Waals surface area (Å²) in [7, 11) is 3.20. The maximum Gasteiger partial charge on any atom is 0.338 e. The average molecular weight is 408 g/mol. The maximum atomic E-state index is 11.9. The van der Waals surface area contributed by atoms with Gasteiger partial charge in [0, 0.05) is 5.56 Å². The summed E-state index contributed by atoms with van der Waals surface area (Å²) in [5.74, 6) is 2.22. The second kappa shape index (κ2) is 10.2. The Labute approximate surface area is 175 Å². The molecule has 3 aromatic rings. The molecule has 0 fully saturated rings. The summed E-state index contributed by atoms with van der Waals surface area (Å²) in [6, 6.07) is 16.4. The number of esters is 1. The average Bonchev–Trinajstić information content (AvgIpc) is 3.26. The zero-order valence-corrected chi connectivity index (χ0v) is 17.2. The SMILES string of the molecule is CCOC(=O)c1cccc(-c2ccc(/C=N\NCc3ccc(OC)c(OC)c3)o2)c1. The number of nitrogens with one attached hydrogen (secondary N) is 1. The molecule has 1 N–H and O–H groups in total. The first kappa shape index (κ1) is 21.0. The molecule has 0 saturated heterocycles. The van der Waals surface area contributed by atoms with Crippen LogP contribution in [-0.4, -0.2) is 33.0 Å². The second-order valence-electron chi connectivity index (χ2n) is 6.29. The first-order valence-corrected chi connectivity index (χ1v) is 9.48. The fourth-order valence-electron chi connectivity index (χ4n) is 2.83. The lowest BCUT2D eigenvalue weighted by atomic mass is 10.1. The summed E-state index contributed by atoms with van der Waals surface area (Å²) < 4.78 is 21.4. The highest BCUT2D eigenvalue weighted by Gasteiger charge is 2.10. The van der Waals surface area contributed by atoms with Crippen molar-refractivity contribution in [3.05, 3.63) is 71.5 Å². The third kappa shape index (κ3) is 5.20. The molecule has 0 amide bonds. The molecule has 0 aliphatic rings. The van der Waals surface area contributed by atoms with E-state index in [-0.39, 0.29) is 5.97 Å². The van der Waals surface area contributed by atoms with Crippen LogP contribution in [0.3, 0.4) is 0 Å². The number of hydrogen-bond acceptors (Lipinski definition) is 7. The van der Waals surface area contributed by atoms with Gasteiger partial charge in [0.1, 0.15) is 11.5 Å². The van der Waals surface area contributed by atoms with E-state index in [1.165, 1.54) is 0 Å². The van der Waals surface area contributed by atoms with Crippen LogP contribution in [0.25, 0.3) is 11.3 Å². The standard InChI is InChI=1S/C23H24N2O5/c1-4-29-23(26)18-7-5-6-17(13-18)20-11-9-19(30-20)15-25-24-14-16-8-10-21(27-2)22(12-16)28-3/h5-13,15,24H,4,14H2,1-3H3/b25-15-. The van der Waals surface area contributed by atoms with Crippen LogP contribution >= 0.6 is 0 Å². The van der Waals surface area contributed by atoms with E-state index < -0.39 is 0 Å². The Balaban J connectivity index is 1.61. The van der Waals surface area contributed by atoms with Gasteiger partial charge >= 0.3 is 5.97 Å². The van der Waals surface area contributed by atoms with Crippen molar-refractivity contribution in [3.63, 3.8) is 0 Å². The third-order valence-corrected chi connectivity index (χ3v) is 4.30. The van der Waals surface area contributed by atoms with Crippen molar-refractivity contribution in [1.82, 2.24) is 5.43 Å². The van der Waals surface area contributed by atoms with Gasteiger partial charge in [0.15, 0.2) is 11.5 Å². The summed E-state index contributed by atoms with van der Waals surface area (Å²) in [5.41, 5.74) is 5.25. The van der Waals surface area contributed by atoms with Crippen molar-refractivity contribution in [1.29, 1.82) is 0 Å². The minimum atomic E-state index is -0.355. The maximum absolute atomic E-state index is 11.9. The number of benzene rings is 2. The van der Waals surface area contributed by atoms with E-state index in [0.29, 0.717) is 41.7 Å². The number of carbonyl (C=O) groups excluding carboxylic acids is 1. The van der Waals surface area contributed by atoms with Crippen LogP contribution in [-0.2, 0) is 11.3 Å². The van der Waals surface area contributed by atoms with Crippen LogP contribution in [0.5, 0.6) is 11.5 Å². The molecule has 0 saturated carbocycles. The largest absolute Gasteiger partial charge is 0.493 e. The number of furan rings is 1. The highest BCUT2D eigenvalue weighted by Crippen LogP contribution is 2.27. The predicted octanol–water partition coefficient (Wildman–Crippen LogP) is 4.26. The molecule has 7 heteroatoms. The number of carbonyl (C=O) groups is 1. The first-order chi connectivity index (χ1) is 14.6. The fraction of sp³-hybridized carbons (Fsp3) is 0.217. The normalized spacial score (nSPS) is 10.8. The Kier molecular flexibility index (Phi) is 7.10. The highest BCUT2D eigenvalue weighted by atomic mass is 16.5. The van der Waals surface area contributed by atoms with Gasteiger partial charge < -0.3 is 24.1 Å². The van der Waals surface area contributed by atoms with E-state index >= 15 is 0 Å². The van der Waals surface area contributed by atoms with Crippen molar-refractivity contribution >= 4 is 12.2 Å².